The van der Waals surface area contributed by atoms with E-state index in [0.29, 0.717) is 11.5 Å². The average Bonchev–Trinajstić information content (AvgIpc) is 3.16. The van der Waals surface area contributed by atoms with Gasteiger partial charge < -0.3 is 10.3 Å². The molecule has 2 N–H and O–H groups in total. The molecule has 0 spiro atoms. The molecular weight excluding hydrogens is 404 g/mol. The molecule has 1 aliphatic carbocycles. The van der Waals surface area contributed by atoms with E-state index in [2.05, 4.69) is 65.6 Å². The zero-order valence-corrected chi connectivity index (χ0v) is 15.5. The van der Waals surface area contributed by atoms with Crippen LogP contribution in [0.4, 0.5) is 5.82 Å². The van der Waals surface area contributed by atoms with Crippen molar-refractivity contribution in [2.24, 2.45) is 0 Å². The van der Waals surface area contributed by atoms with Crippen molar-refractivity contribution in [2.75, 3.05) is 5.32 Å². The Bertz CT molecular complexity index is 1100. The Kier molecular flexibility index (Phi) is 3.46. The second-order valence-electron chi connectivity index (χ2n) is 6.26. The van der Waals surface area contributed by atoms with E-state index in [0.717, 1.165) is 23.9 Å². The van der Waals surface area contributed by atoms with Crippen LogP contribution in [0.25, 0.3) is 16.6 Å². The van der Waals surface area contributed by atoms with Crippen LogP contribution in [-0.4, -0.2) is 30.6 Å². The number of aryl methyl sites for hydroxylation is 1. The zero-order valence-electron chi connectivity index (χ0n) is 13.1. The van der Waals surface area contributed by atoms with Gasteiger partial charge in [-0.1, -0.05) is 18.2 Å². The number of para-hydroxylation sites is 1. The number of imidazole rings is 1. The molecular formula is C17H14BrClN6. The van der Waals surface area contributed by atoms with Crippen molar-refractivity contribution >= 4 is 49.9 Å². The lowest BCUT2D eigenvalue weighted by atomic mass is 9.91. The van der Waals surface area contributed by atoms with E-state index in [-0.39, 0.29) is 11.3 Å². The number of nitrogens with zero attached hydrogens (tertiary/aromatic N) is 4. The van der Waals surface area contributed by atoms with Crippen LogP contribution < -0.4 is 5.32 Å². The first-order valence-electron chi connectivity index (χ1n) is 8.11. The van der Waals surface area contributed by atoms with Crippen LogP contribution in [-0.2, 0) is 12.8 Å². The van der Waals surface area contributed by atoms with Crippen LogP contribution in [0.5, 0.6) is 0 Å². The van der Waals surface area contributed by atoms with E-state index in [9.17, 15) is 0 Å². The highest BCUT2D eigenvalue weighted by atomic mass is 79.9. The fraction of sp³-hybridized carbons (Fsp3) is 0.235. The molecule has 0 saturated carbocycles. The van der Waals surface area contributed by atoms with Crippen molar-refractivity contribution in [3.05, 3.63) is 51.6 Å². The fourth-order valence-corrected chi connectivity index (χ4v) is 4.12. The van der Waals surface area contributed by atoms with Gasteiger partial charge in [-0.25, -0.2) is 9.50 Å². The second-order valence-corrected chi connectivity index (χ2v) is 7.41. The highest BCUT2D eigenvalue weighted by molar-refractivity contribution is 9.10. The third-order valence-electron chi connectivity index (χ3n) is 4.73. The Morgan fingerprint density at radius 3 is 3.12 bits per heavy atom. The maximum Gasteiger partial charge on any atom is 0.243 e. The molecule has 4 aromatic rings. The minimum absolute atomic E-state index is 0.192. The van der Waals surface area contributed by atoms with Gasteiger partial charge in [0.25, 0.3) is 0 Å². The Hall–Kier alpha value is -2.12. The molecule has 3 aromatic heterocycles. The predicted molar refractivity (Wildman–Crippen MR) is 101 cm³/mol. The number of H-pyrrole nitrogens is 1. The third-order valence-corrected chi connectivity index (χ3v) is 5.43. The summed E-state index contributed by atoms with van der Waals surface area (Å²) in [5.41, 5.74) is 4.60. The molecule has 1 unspecified atom stereocenters. The molecule has 3 heterocycles. The molecule has 25 heavy (non-hydrogen) atoms. The van der Waals surface area contributed by atoms with Gasteiger partial charge in [-0.2, -0.15) is 4.98 Å². The Labute approximate surface area is 156 Å². The van der Waals surface area contributed by atoms with Gasteiger partial charge in [0, 0.05) is 22.6 Å². The Morgan fingerprint density at radius 2 is 2.20 bits per heavy atom. The smallest absolute Gasteiger partial charge is 0.243 e. The highest BCUT2D eigenvalue weighted by Crippen LogP contribution is 2.30. The summed E-state index contributed by atoms with van der Waals surface area (Å²) in [6.07, 6.45) is 4.67. The van der Waals surface area contributed by atoms with Gasteiger partial charge in [0.15, 0.2) is 11.5 Å². The standard InChI is InChI=1S/C17H14BrClN6/c18-14-8-20-16-15(23-17(19)24-25(14)16)21-9-5-6-13-11(7-9)10-3-1-2-4-12(10)22-13/h1-4,8-9,22H,5-7H2,(H,21,23,24). The monoisotopic (exact) mass is 416 g/mol. The largest absolute Gasteiger partial charge is 0.364 e. The SMILES string of the molecule is Clc1nc(NC2CCc3[nH]c4ccccc4c3C2)c2ncc(Br)n2n1. The van der Waals surface area contributed by atoms with Crippen molar-refractivity contribution in [3.63, 3.8) is 0 Å². The molecule has 126 valence electrons. The van der Waals surface area contributed by atoms with Crippen LogP contribution in [0.3, 0.4) is 0 Å². The van der Waals surface area contributed by atoms with Gasteiger partial charge in [0.05, 0.1) is 6.20 Å². The van der Waals surface area contributed by atoms with Gasteiger partial charge in [-0.05, 0) is 58.4 Å². The van der Waals surface area contributed by atoms with Crippen molar-refractivity contribution < 1.29 is 0 Å². The predicted octanol–water partition coefficient (Wildman–Crippen LogP) is 3.99. The molecule has 1 aliphatic rings. The molecule has 5 rings (SSSR count). The van der Waals surface area contributed by atoms with Gasteiger partial charge >= 0.3 is 0 Å². The molecule has 0 radical (unpaired) electrons. The van der Waals surface area contributed by atoms with Crippen molar-refractivity contribution in [2.45, 2.75) is 25.3 Å². The summed E-state index contributed by atoms with van der Waals surface area (Å²) < 4.78 is 2.40. The highest BCUT2D eigenvalue weighted by Gasteiger charge is 2.24. The maximum absolute atomic E-state index is 6.08. The van der Waals surface area contributed by atoms with E-state index in [1.165, 1.54) is 22.2 Å². The van der Waals surface area contributed by atoms with E-state index in [4.69, 9.17) is 11.6 Å². The lowest BCUT2D eigenvalue weighted by molar-refractivity contribution is 0.605. The van der Waals surface area contributed by atoms with Gasteiger partial charge in [-0.15, -0.1) is 5.10 Å². The molecule has 8 heteroatoms. The number of anilines is 1. The molecule has 0 saturated heterocycles. The van der Waals surface area contributed by atoms with Crippen LogP contribution in [0.2, 0.25) is 5.28 Å². The average molecular weight is 418 g/mol. The maximum atomic E-state index is 6.08. The first kappa shape index (κ1) is 15.2. The summed E-state index contributed by atoms with van der Waals surface area (Å²) in [6, 6.07) is 8.74. The molecule has 0 amide bonds. The number of rotatable bonds is 2. The van der Waals surface area contributed by atoms with Crippen molar-refractivity contribution in [1.29, 1.82) is 0 Å². The minimum atomic E-state index is 0.192. The Morgan fingerprint density at radius 1 is 1.32 bits per heavy atom. The van der Waals surface area contributed by atoms with Gasteiger partial charge in [0.1, 0.15) is 4.60 Å². The van der Waals surface area contributed by atoms with E-state index in [1.54, 1.807) is 10.7 Å². The number of hydrogen-bond donors (Lipinski definition) is 2. The summed E-state index contributed by atoms with van der Waals surface area (Å²) in [5, 5.41) is 9.19. The second kappa shape index (κ2) is 5.71. The van der Waals surface area contributed by atoms with E-state index in [1.807, 2.05) is 0 Å². The molecule has 1 aromatic carbocycles. The summed E-state index contributed by atoms with van der Waals surface area (Å²) in [4.78, 5) is 12.3. The van der Waals surface area contributed by atoms with E-state index < -0.39 is 0 Å². The van der Waals surface area contributed by atoms with Crippen LogP contribution in [0, 0.1) is 0 Å². The van der Waals surface area contributed by atoms with E-state index >= 15 is 0 Å². The molecule has 0 aliphatic heterocycles. The number of hydrogen-bond acceptors (Lipinski definition) is 4. The van der Waals surface area contributed by atoms with Crippen LogP contribution in [0.15, 0.2) is 35.1 Å². The topological polar surface area (TPSA) is 70.9 Å². The Balaban J connectivity index is 1.50. The summed E-state index contributed by atoms with van der Waals surface area (Å²) in [6.45, 7) is 0. The number of aromatic nitrogens is 5. The quantitative estimate of drug-likeness (QED) is 0.517. The fourth-order valence-electron chi connectivity index (χ4n) is 3.61. The lowest BCUT2D eigenvalue weighted by Crippen LogP contribution is -2.28. The van der Waals surface area contributed by atoms with Crippen molar-refractivity contribution in [1.82, 2.24) is 24.6 Å². The molecule has 0 bridgehead atoms. The number of benzene rings is 1. The molecule has 6 nitrogen and oxygen atoms in total. The minimum Gasteiger partial charge on any atom is -0.364 e. The van der Waals surface area contributed by atoms with Crippen molar-refractivity contribution in [3.8, 4) is 0 Å². The normalized spacial score (nSPS) is 17.1. The first-order chi connectivity index (χ1) is 12.2. The number of nitrogens with one attached hydrogen (secondary N) is 2. The lowest BCUT2D eigenvalue weighted by Gasteiger charge is -2.24. The number of fused-ring (bicyclic) bond motifs is 4. The summed E-state index contributed by atoms with van der Waals surface area (Å²) in [5.74, 6) is 0.666. The number of halogens is 2. The number of aromatic amines is 1. The van der Waals surface area contributed by atoms with Gasteiger partial charge in [-0.3, -0.25) is 0 Å². The summed E-state index contributed by atoms with van der Waals surface area (Å²) in [7, 11) is 0. The first-order valence-corrected chi connectivity index (χ1v) is 9.28. The van der Waals surface area contributed by atoms with Crippen LogP contribution >= 0.6 is 27.5 Å². The third kappa shape index (κ3) is 2.49. The van der Waals surface area contributed by atoms with Crippen LogP contribution in [0.1, 0.15) is 17.7 Å². The summed E-state index contributed by atoms with van der Waals surface area (Å²) >= 11 is 9.50. The van der Waals surface area contributed by atoms with Gasteiger partial charge in [0.2, 0.25) is 5.28 Å². The zero-order chi connectivity index (χ0) is 17.0. The molecule has 1 atom stereocenters. The molecule has 0 fully saturated rings.